The summed E-state index contributed by atoms with van der Waals surface area (Å²) >= 11 is 0. The number of likely N-dealkylation sites (N-methyl/N-ethyl adjacent to an activating group) is 1. The molecule has 2 atom stereocenters. The molecule has 2 unspecified atom stereocenters. The SMILES string of the molecule is C=C/C(C)=C1C(=C/C)\c2ncc3c(nc(OCC4(CC)CCCN4C)nc3c2F)N2CNCC(C)(C2)OCCC\1=C(\C)F. The monoisotopic (exact) mass is 594 g/mol. The lowest BCUT2D eigenvalue weighted by atomic mass is 9.88. The van der Waals surface area contributed by atoms with E-state index in [9.17, 15) is 0 Å². The summed E-state index contributed by atoms with van der Waals surface area (Å²) in [7, 11) is 2.12. The Morgan fingerprint density at radius 2 is 2.09 bits per heavy atom. The van der Waals surface area contributed by atoms with Crippen LogP contribution in [0.25, 0.3) is 16.5 Å². The van der Waals surface area contributed by atoms with Crippen LogP contribution >= 0.6 is 0 Å². The van der Waals surface area contributed by atoms with E-state index in [1.165, 1.54) is 6.92 Å². The van der Waals surface area contributed by atoms with Crippen LogP contribution in [0.1, 0.15) is 66.0 Å². The normalized spacial score (nSPS) is 28.5. The molecule has 232 valence electrons. The van der Waals surface area contributed by atoms with Crippen molar-refractivity contribution in [1.29, 1.82) is 0 Å². The Hall–Kier alpha value is -3.21. The van der Waals surface area contributed by atoms with Gasteiger partial charge >= 0.3 is 6.01 Å². The van der Waals surface area contributed by atoms with E-state index in [1.54, 1.807) is 25.3 Å². The Kier molecular flexibility index (Phi) is 9.02. The van der Waals surface area contributed by atoms with E-state index in [-0.39, 0.29) is 35.2 Å². The van der Waals surface area contributed by atoms with Crippen molar-refractivity contribution in [2.24, 2.45) is 0 Å². The molecule has 6 rings (SSSR count). The van der Waals surface area contributed by atoms with E-state index in [4.69, 9.17) is 14.5 Å². The van der Waals surface area contributed by atoms with Crippen LogP contribution in [0, 0.1) is 5.82 Å². The molecule has 0 spiro atoms. The van der Waals surface area contributed by atoms with Crippen molar-refractivity contribution in [3.63, 3.8) is 0 Å². The van der Waals surface area contributed by atoms with Crippen LogP contribution < -0.4 is 15.0 Å². The average molecular weight is 595 g/mol. The Bertz CT molecular complexity index is 1500. The third-order valence-corrected chi connectivity index (χ3v) is 9.38. The van der Waals surface area contributed by atoms with Gasteiger partial charge in [-0.3, -0.25) is 15.2 Å². The first-order valence-corrected chi connectivity index (χ1v) is 15.2. The average Bonchev–Trinajstić information content (AvgIpc) is 3.37. The van der Waals surface area contributed by atoms with E-state index in [1.807, 2.05) is 18.7 Å². The fourth-order valence-electron chi connectivity index (χ4n) is 6.72. The van der Waals surface area contributed by atoms with Gasteiger partial charge in [-0.2, -0.15) is 9.97 Å². The van der Waals surface area contributed by atoms with E-state index >= 15 is 8.78 Å². The Labute approximate surface area is 253 Å². The molecule has 0 aromatic carbocycles. The van der Waals surface area contributed by atoms with Crippen LogP contribution in [0.4, 0.5) is 14.6 Å². The first-order chi connectivity index (χ1) is 20.6. The van der Waals surface area contributed by atoms with Gasteiger partial charge in [-0.05, 0) is 83.7 Å². The maximum absolute atomic E-state index is 16.8. The number of hydrogen-bond donors (Lipinski definition) is 1. The summed E-state index contributed by atoms with van der Waals surface area (Å²) in [6.45, 7) is 16.4. The molecule has 8 nitrogen and oxygen atoms in total. The topological polar surface area (TPSA) is 75.6 Å². The van der Waals surface area contributed by atoms with Gasteiger partial charge in [0.05, 0.1) is 36.3 Å². The highest BCUT2D eigenvalue weighted by Crippen LogP contribution is 2.39. The molecule has 2 aromatic heterocycles. The molecular weight excluding hydrogens is 550 g/mol. The standard InChI is InChI=1S/C33H44F2N6O2/c1-8-21(4)26-23(9-2)28-27(35)29-25(16-37-28)30(39-31(38-29)42-19-33(10-3)13-11-14-40(33)7)41-18-32(6,17-36-20-41)43-15-12-24(26)22(5)34/h8-9,16,36H,1,10-15,17-20H2,2-7H3/b23-9+,24-22+,26-21+. The zero-order valence-electron chi connectivity index (χ0n) is 26.3. The highest BCUT2D eigenvalue weighted by atomic mass is 19.1. The lowest BCUT2D eigenvalue weighted by Gasteiger charge is -2.41. The van der Waals surface area contributed by atoms with E-state index < -0.39 is 11.4 Å². The summed E-state index contributed by atoms with van der Waals surface area (Å²) in [5.41, 5.74) is 1.63. The number of anilines is 1. The van der Waals surface area contributed by atoms with Gasteiger partial charge in [-0.1, -0.05) is 25.7 Å². The highest BCUT2D eigenvalue weighted by molar-refractivity contribution is 5.93. The minimum Gasteiger partial charge on any atom is -0.461 e. The molecule has 10 heteroatoms. The van der Waals surface area contributed by atoms with Gasteiger partial charge < -0.3 is 14.4 Å². The van der Waals surface area contributed by atoms with Gasteiger partial charge in [-0.25, -0.2) is 8.78 Å². The second kappa shape index (κ2) is 12.4. The summed E-state index contributed by atoms with van der Waals surface area (Å²) in [5, 5.41) is 3.89. The van der Waals surface area contributed by atoms with Crippen LogP contribution in [0.2, 0.25) is 0 Å². The number of nitrogens with zero attached hydrogens (tertiary/aromatic N) is 5. The molecule has 2 fully saturated rings. The van der Waals surface area contributed by atoms with Crippen LogP contribution in [-0.2, 0) is 4.74 Å². The molecule has 0 radical (unpaired) electrons. The van der Waals surface area contributed by atoms with E-state index in [2.05, 4.69) is 40.7 Å². The number of ether oxygens (including phenoxy) is 2. The molecule has 0 aliphatic carbocycles. The molecule has 4 aliphatic rings. The quantitative estimate of drug-likeness (QED) is 0.444. The fraction of sp³-hybridized carbons (Fsp3) is 0.545. The van der Waals surface area contributed by atoms with Crippen molar-refractivity contribution in [2.45, 2.75) is 71.4 Å². The summed E-state index contributed by atoms with van der Waals surface area (Å²) in [6.07, 6.45) is 8.36. The lowest BCUT2D eigenvalue weighted by Crippen LogP contribution is -2.58. The van der Waals surface area contributed by atoms with Crippen molar-refractivity contribution < 1.29 is 18.3 Å². The number of hydrogen-bond acceptors (Lipinski definition) is 8. The van der Waals surface area contributed by atoms with E-state index in [0.717, 1.165) is 25.8 Å². The number of aromatic nitrogens is 3. The molecule has 1 N–H and O–H groups in total. The van der Waals surface area contributed by atoms with Crippen molar-refractivity contribution in [3.8, 4) is 6.01 Å². The molecule has 4 aliphatic heterocycles. The van der Waals surface area contributed by atoms with Gasteiger partial charge in [0.15, 0.2) is 5.82 Å². The maximum Gasteiger partial charge on any atom is 0.319 e. The first kappa shape index (κ1) is 31.2. The van der Waals surface area contributed by atoms with Crippen LogP contribution in [0.5, 0.6) is 6.01 Å². The van der Waals surface area contributed by atoms with Gasteiger partial charge in [0, 0.05) is 18.3 Å². The van der Waals surface area contributed by atoms with Crippen molar-refractivity contribution in [1.82, 2.24) is 25.2 Å². The number of allylic oxidation sites excluding steroid dienone is 6. The summed E-state index contributed by atoms with van der Waals surface area (Å²) in [4.78, 5) is 18.4. The fourth-order valence-corrected chi connectivity index (χ4v) is 6.72. The largest absolute Gasteiger partial charge is 0.461 e. The van der Waals surface area contributed by atoms with Gasteiger partial charge in [0.1, 0.15) is 29.5 Å². The molecule has 2 saturated heterocycles. The number of halogens is 2. The summed E-state index contributed by atoms with van der Waals surface area (Å²) < 4.78 is 44.8. The third kappa shape index (κ3) is 5.84. The predicted octanol–water partition coefficient (Wildman–Crippen LogP) is 6.11. The Morgan fingerprint density at radius 3 is 2.74 bits per heavy atom. The van der Waals surface area contributed by atoms with Gasteiger partial charge in [-0.15, -0.1) is 0 Å². The molecule has 6 heterocycles. The lowest BCUT2D eigenvalue weighted by molar-refractivity contribution is -0.0314. The minimum atomic E-state index is -0.610. The number of pyridine rings is 1. The zero-order valence-corrected chi connectivity index (χ0v) is 26.3. The molecule has 2 aromatic rings. The molecule has 0 saturated carbocycles. The zero-order chi connectivity index (χ0) is 30.9. The van der Waals surface area contributed by atoms with Crippen LogP contribution in [-0.4, -0.2) is 77.6 Å². The first-order valence-electron chi connectivity index (χ1n) is 15.2. The van der Waals surface area contributed by atoms with Gasteiger partial charge in [0.25, 0.3) is 0 Å². The smallest absolute Gasteiger partial charge is 0.319 e. The van der Waals surface area contributed by atoms with Crippen molar-refractivity contribution >= 4 is 22.3 Å². The third-order valence-electron chi connectivity index (χ3n) is 9.38. The highest BCUT2D eigenvalue weighted by Gasteiger charge is 2.39. The van der Waals surface area contributed by atoms with Crippen LogP contribution in [0.15, 0.2) is 47.5 Å². The van der Waals surface area contributed by atoms with E-state index in [0.29, 0.717) is 66.3 Å². The Balaban J connectivity index is 1.73. The summed E-state index contributed by atoms with van der Waals surface area (Å²) in [5.74, 6) is -0.431. The minimum absolute atomic E-state index is 0.0840. The molecular formula is C33H44F2N6O2. The Morgan fingerprint density at radius 1 is 1.30 bits per heavy atom. The molecule has 0 amide bonds. The number of fused-ring (bicyclic) bond motifs is 6. The van der Waals surface area contributed by atoms with Crippen molar-refractivity contribution in [2.75, 3.05) is 51.5 Å². The van der Waals surface area contributed by atoms with Crippen LogP contribution in [0.3, 0.4) is 0 Å². The maximum atomic E-state index is 16.8. The number of rotatable bonds is 5. The molecule has 6 bridgehead atoms. The predicted molar refractivity (Wildman–Crippen MR) is 167 cm³/mol. The number of likely N-dealkylation sites (tertiary alicyclic amines) is 1. The van der Waals surface area contributed by atoms with Crippen molar-refractivity contribution in [3.05, 3.63) is 59.0 Å². The second-order valence-corrected chi connectivity index (χ2v) is 12.2. The molecule has 43 heavy (non-hydrogen) atoms. The second-order valence-electron chi connectivity index (χ2n) is 12.2. The summed E-state index contributed by atoms with van der Waals surface area (Å²) in [6, 6.07) is 0.118. The number of nitrogens with one attached hydrogen (secondary N) is 1. The van der Waals surface area contributed by atoms with Gasteiger partial charge in [0.2, 0.25) is 0 Å².